The minimum atomic E-state index is -4.69. The third kappa shape index (κ3) is 2.80. The third-order valence-corrected chi connectivity index (χ3v) is 3.53. The largest absolute Gasteiger partial charge is 0.436 e. The molecule has 0 bridgehead atoms. The monoisotopic (exact) mass is 401 g/mol. The first-order chi connectivity index (χ1) is 11.3. The second-order valence-corrected chi connectivity index (χ2v) is 5.27. The van der Waals surface area contributed by atoms with Gasteiger partial charge in [-0.05, 0) is 28.1 Å². The third-order valence-electron chi connectivity index (χ3n) is 2.98. The molecule has 8 nitrogen and oxygen atoms in total. The molecule has 124 valence electrons. The molecule has 0 spiro atoms. The van der Waals surface area contributed by atoms with Gasteiger partial charge in [-0.3, -0.25) is 9.89 Å². The molecule has 0 aliphatic carbocycles. The molecule has 0 saturated heterocycles. The molecule has 1 amide bonds. The summed E-state index contributed by atoms with van der Waals surface area (Å²) in [7, 11) is 0. The summed E-state index contributed by atoms with van der Waals surface area (Å²) in [5, 5.41) is 7.58. The van der Waals surface area contributed by atoms with Crippen molar-refractivity contribution in [3.8, 4) is 0 Å². The molecule has 0 aromatic carbocycles. The van der Waals surface area contributed by atoms with E-state index in [4.69, 9.17) is 5.84 Å². The lowest BCUT2D eigenvalue weighted by Gasteiger charge is -2.14. The first-order valence-corrected chi connectivity index (χ1v) is 7.06. The highest BCUT2D eigenvalue weighted by molar-refractivity contribution is 9.10. The normalized spacial score (nSPS) is 11.7. The van der Waals surface area contributed by atoms with E-state index in [0.29, 0.717) is 22.2 Å². The van der Waals surface area contributed by atoms with E-state index in [2.05, 4.69) is 41.1 Å². The van der Waals surface area contributed by atoms with E-state index in [0.717, 1.165) is 0 Å². The molecule has 3 N–H and O–H groups in total. The average Bonchev–Trinajstić information content (AvgIpc) is 2.96. The average molecular weight is 402 g/mol. The van der Waals surface area contributed by atoms with E-state index in [1.165, 1.54) is 6.20 Å². The van der Waals surface area contributed by atoms with Gasteiger partial charge in [-0.15, -0.1) is 0 Å². The van der Waals surface area contributed by atoms with Crippen LogP contribution in [0, 0.1) is 0 Å². The number of rotatable bonds is 2. The molecular weight excluding hydrogens is 395 g/mol. The number of hydrogen-bond acceptors (Lipinski definition) is 6. The number of H-pyrrole nitrogens is 1. The van der Waals surface area contributed by atoms with Gasteiger partial charge >= 0.3 is 6.18 Å². The summed E-state index contributed by atoms with van der Waals surface area (Å²) in [5.41, 5.74) is -1.22. The molecule has 12 heteroatoms. The van der Waals surface area contributed by atoms with Crippen molar-refractivity contribution in [2.45, 2.75) is 6.18 Å². The summed E-state index contributed by atoms with van der Waals surface area (Å²) in [6.07, 6.45) is -2.48. The maximum atomic E-state index is 12.7. The molecule has 0 unspecified atom stereocenters. The zero-order valence-electron chi connectivity index (χ0n) is 11.5. The van der Waals surface area contributed by atoms with Crippen molar-refractivity contribution in [1.29, 1.82) is 0 Å². The second-order valence-electron chi connectivity index (χ2n) is 4.51. The van der Waals surface area contributed by atoms with Gasteiger partial charge in [-0.1, -0.05) is 0 Å². The van der Waals surface area contributed by atoms with Gasteiger partial charge in [0.05, 0.1) is 11.6 Å². The number of pyridine rings is 1. The molecule has 3 heterocycles. The summed E-state index contributed by atoms with van der Waals surface area (Å²) < 4.78 is 37.4. The first-order valence-electron chi connectivity index (χ1n) is 6.27. The van der Waals surface area contributed by atoms with Gasteiger partial charge in [0, 0.05) is 6.20 Å². The number of carbonyl (C=O) groups is 1. The maximum Gasteiger partial charge on any atom is 0.436 e. The van der Waals surface area contributed by atoms with E-state index in [1.54, 1.807) is 12.1 Å². The van der Waals surface area contributed by atoms with Crippen LogP contribution in [0.1, 0.15) is 16.2 Å². The quantitative estimate of drug-likeness (QED) is 0.385. The lowest BCUT2D eigenvalue weighted by atomic mass is 10.3. The lowest BCUT2D eigenvalue weighted by molar-refractivity contribution is -0.142. The van der Waals surface area contributed by atoms with Crippen molar-refractivity contribution in [2.75, 3.05) is 5.01 Å². The number of nitrogens with two attached hydrogens (primary N) is 1. The van der Waals surface area contributed by atoms with Gasteiger partial charge in [0.2, 0.25) is 0 Å². The fraction of sp³-hybridized carbons (Fsp3) is 0.0833. The van der Waals surface area contributed by atoms with Crippen LogP contribution in [-0.4, -0.2) is 31.1 Å². The Morgan fingerprint density at radius 3 is 2.75 bits per heavy atom. The molecule has 0 aliphatic rings. The smallest absolute Gasteiger partial charge is 0.265 e. The van der Waals surface area contributed by atoms with Crippen LogP contribution >= 0.6 is 15.9 Å². The van der Waals surface area contributed by atoms with Crippen LogP contribution in [-0.2, 0) is 6.18 Å². The molecule has 3 aromatic heterocycles. The first kappa shape index (κ1) is 16.3. The van der Waals surface area contributed by atoms with Crippen molar-refractivity contribution in [3.63, 3.8) is 0 Å². The van der Waals surface area contributed by atoms with Crippen molar-refractivity contribution in [2.24, 2.45) is 5.84 Å². The van der Waals surface area contributed by atoms with E-state index < -0.39 is 22.4 Å². The van der Waals surface area contributed by atoms with E-state index in [1.807, 2.05) is 0 Å². The zero-order valence-corrected chi connectivity index (χ0v) is 13.1. The number of aromatic nitrogens is 5. The molecule has 0 aliphatic heterocycles. The standard InChI is InChI=1S/C12H7BrF3N7O/c13-8-7(12(14,15)16)19-4-6(20-8)11(24)23(17)10-5-2-1-3-18-9(5)21-22-10/h1-4H,17H2,(H,18,21,22). The number of alkyl halides is 3. The molecule has 0 saturated carbocycles. The highest BCUT2D eigenvalue weighted by Gasteiger charge is 2.36. The summed E-state index contributed by atoms with van der Waals surface area (Å²) in [5.74, 6) is 4.90. The summed E-state index contributed by atoms with van der Waals surface area (Å²) in [6.45, 7) is 0. The van der Waals surface area contributed by atoms with Crippen molar-refractivity contribution in [1.82, 2.24) is 25.1 Å². The number of anilines is 1. The predicted molar refractivity (Wildman–Crippen MR) is 79.6 cm³/mol. The Bertz CT molecular complexity index is 926. The number of amides is 1. The van der Waals surface area contributed by atoms with E-state index in [-0.39, 0.29) is 11.5 Å². The molecule has 0 atom stereocenters. The number of fused-ring (bicyclic) bond motifs is 1. The minimum absolute atomic E-state index is 0.0564. The molecule has 0 fully saturated rings. The SMILES string of the molecule is NN(C(=O)c1cnc(C(F)(F)F)c(Br)n1)c1n[nH]c2ncccc12. The topological polar surface area (TPSA) is 114 Å². The van der Waals surface area contributed by atoms with Gasteiger partial charge in [-0.25, -0.2) is 25.8 Å². The van der Waals surface area contributed by atoms with Crippen LogP contribution in [0.4, 0.5) is 19.0 Å². The highest BCUT2D eigenvalue weighted by Crippen LogP contribution is 2.32. The van der Waals surface area contributed by atoms with E-state index in [9.17, 15) is 18.0 Å². The summed E-state index contributed by atoms with van der Waals surface area (Å²) in [4.78, 5) is 23.1. The zero-order chi connectivity index (χ0) is 17.5. The number of nitrogens with one attached hydrogen (secondary N) is 1. The second kappa shape index (κ2) is 5.79. The highest BCUT2D eigenvalue weighted by atomic mass is 79.9. The van der Waals surface area contributed by atoms with Crippen LogP contribution in [0.25, 0.3) is 11.0 Å². The van der Waals surface area contributed by atoms with Gasteiger partial charge in [-0.2, -0.15) is 18.3 Å². The van der Waals surface area contributed by atoms with E-state index >= 15 is 0 Å². The van der Waals surface area contributed by atoms with Crippen molar-refractivity contribution < 1.29 is 18.0 Å². The van der Waals surface area contributed by atoms with Gasteiger partial charge in [0.1, 0.15) is 10.3 Å². The van der Waals surface area contributed by atoms with Gasteiger partial charge in [0.15, 0.2) is 17.2 Å². The Hall–Kier alpha value is -2.60. The molecule has 3 aromatic rings. The van der Waals surface area contributed by atoms with Crippen molar-refractivity contribution >= 4 is 38.7 Å². The Morgan fingerprint density at radius 1 is 1.33 bits per heavy atom. The van der Waals surface area contributed by atoms with Gasteiger partial charge in [0.25, 0.3) is 5.91 Å². The fourth-order valence-electron chi connectivity index (χ4n) is 1.90. The van der Waals surface area contributed by atoms with Crippen LogP contribution in [0.2, 0.25) is 0 Å². The number of hydrazine groups is 1. The van der Waals surface area contributed by atoms with Crippen LogP contribution in [0.3, 0.4) is 0 Å². The number of nitrogens with zero attached hydrogens (tertiary/aromatic N) is 5. The van der Waals surface area contributed by atoms with Crippen LogP contribution in [0.5, 0.6) is 0 Å². The fourth-order valence-corrected chi connectivity index (χ4v) is 2.42. The number of halogens is 4. The maximum absolute atomic E-state index is 12.7. The molecular formula is C12H7BrF3N7O. The minimum Gasteiger partial charge on any atom is -0.265 e. The predicted octanol–water partition coefficient (Wildman–Crippen LogP) is 2.05. The Morgan fingerprint density at radius 2 is 2.08 bits per heavy atom. The summed E-state index contributed by atoms with van der Waals surface area (Å²) in [6, 6.07) is 3.25. The summed E-state index contributed by atoms with van der Waals surface area (Å²) >= 11 is 2.65. The molecule has 0 radical (unpaired) electrons. The van der Waals surface area contributed by atoms with Gasteiger partial charge < -0.3 is 0 Å². The molecule has 3 rings (SSSR count). The number of hydrogen-bond donors (Lipinski definition) is 2. The lowest BCUT2D eigenvalue weighted by Crippen LogP contribution is -2.38. The van der Waals surface area contributed by atoms with Crippen LogP contribution < -0.4 is 10.9 Å². The molecule has 24 heavy (non-hydrogen) atoms. The Kier molecular flexibility index (Phi) is 3.93. The van der Waals surface area contributed by atoms with Crippen LogP contribution in [0.15, 0.2) is 29.1 Å². The number of carbonyl (C=O) groups excluding carboxylic acids is 1. The van der Waals surface area contributed by atoms with Crippen molar-refractivity contribution in [3.05, 3.63) is 40.5 Å². The Balaban J connectivity index is 1.95. The Labute approximate surface area is 140 Å². The number of aromatic amines is 1.